The number of phenols is 2. The molecule has 0 aromatic heterocycles. The number of hydrogen-bond acceptors (Lipinski definition) is 3. The van der Waals surface area contributed by atoms with Crippen molar-refractivity contribution < 1.29 is 20.1 Å². The van der Waals surface area contributed by atoms with Crippen LogP contribution in [0.5, 0.6) is 11.5 Å². The molecule has 0 saturated heterocycles. The molecule has 0 unspecified atom stereocenters. The molecule has 96 valence electrons. The molecule has 0 atom stereocenters. The van der Waals surface area contributed by atoms with Crippen LogP contribution in [0.25, 0.3) is 12.2 Å². The smallest absolute Gasteiger partial charge is 0.335 e. The predicted molar refractivity (Wildman–Crippen MR) is 72.1 cm³/mol. The number of hydrogen-bond donors (Lipinski definition) is 3. The average Bonchev–Trinajstić information content (AvgIpc) is 2.36. The molecule has 0 saturated carbocycles. The number of carbonyl (C=O) groups is 1. The largest absolute Gasteiger partial charge is 0.508 e. The van der Waals surface area contributed by atoms with E-state index in [4.69, 9.17) is 5.11 Å². The topological polar surface area (TPSA) is 77.8 Å². The summed E-state index contributed by atoms with van der Waals surface area (Å²) in [6.45, 7) is 0. The van der Waals surface area contributed by atoms with E-state index in [-0.39, 0.29) is 17.1 Å². The summed E-state index contributed by atoms with van der Waals surface area (Å²) in [5.74, 6) is -0.991. The number of carboxylic acids is 1. The molecule has 0 aliphatic carbocycles. The maximum atomic E-state index is 10.7. The van der Waals surface area contributed by atoms with E-state index < -0.39 is 5.97 Å². The molecular formula is C15H12O4. The molecule has 0 amide bonds. The SMILES string of the molecule is O=C(O)c1ccc(/C=C/c2cc(O)cc(O)c2)cc1. The van der Waals surface area contributed by atoms with Crippen LogP contribution >= 0.6 is 0 Å². The second kappa shape index (κ2) is 5.27. The molecule has 4 heteroatoms. The molecule has 2 aromatic carbocycles. The van der Waals surface area contributed by atoms with E-state index in [2.05, 4.69) is 0 Å². The van der Waals surface area contributed by atoms with E-state index in [1.807, 2.05) is 0 Å². The van der Waals surface area contributed by atoms with Gasteiger partial charge in [0, 0.05) is 6.07 Å². The van der Waals surface area contributed by atoms with Gasteiger partial charge in [-0.2, -0.15) is 0 Å². The summed E-state index contributed by atoms with van der Waals surface area (Å²) in [7, 11) is 0. The number of aromatic hydroxyl groups is 2. The Labute approximate surface area is 109 Å². The number of carboxylic acid groups (broad SMARTS) is 1. The molecule has 0 bridgehead atoms. The molecule has 0 spiro atoms. The van der Waals surface area contributed by atoms with Crippen molar-refractivity contribution in [2.75, 3.05) is 0 Å². The van der Waals surface area contributed by atoms with Gasteiger partial charge in [0.1, 0.15) is 11.5 Å². The summed E-state index contributed by atoms with van der Waals surface area (Å²) in [6.07, 6.45) is 3.48. The van der Waals surface area contributed by atoms with E-state index in [1.165, 1.54) is 30.3 Å². The highest BCUT2D eigenvalue weighted by atomic mass is 16.4. The standard InChI is InChI=1S/C15H12O4/c16-13-7-11(8-14(17)9-13)2-1-10-3-5-12(6-4-10)15(18)19/h1-9,16-17H,(H,18,19)/b2-1+. The van der Waals surface area contributed by atoms with Gasteiger partial charge in [-0.1, -0.05) is 24.3 Å². The highest BCUT2D eigenvalue weighted by molar-refractivity contribution is 5.88. The Kier molecular flexibility index (Phi) is 3.52. The fourth-order valence-corrected chi connectivity index (χ4v) is 1.64. The van der Waals surface area contributed by atoms with E-state index >= 15 is 0 Å². The van der Waals surface area contributed by atoms with Gasteiger partial charge in [-0.25, -0.2) is 4.79 Å². The van der Waals surface area contributed by atoms with Crippen molar-refractivity contribution in [1.29, 1.82) is 0 Å². The molecule has 2 rings (SSSR count). The first-order valence-electron chi connectivity index (χ1n) is 5.59. The van der Waals surface area contributed by atoms with Crippen molar-refractivity contribution in [3.63, 3.8) is 0 Å². The van der Waals surface area contributed by atoms with Crippen molar-refractivity contribution in [1.82, 2.24) is 0 Å². The zero-order chi connectivity index (χ0) is 13.8. The van der Waals surface area contributed by atoms with Crippen molar-refractivity contribution in [2.45, 2.75) is 0 Å². The van der Waals surface area contributed by atoms with E-state index in [0.717, 1.165) is 5.56 Å². The maximum absolute atomic E-state index is 10.7. The monoisotopic (exact) mass is 256 g/mol. The third-order valence-corrected chi connectivity index (χ3v) is 2.55. The lowest BCUT2D eigenvalue weighted by atomic mass is 10.1. The fourth-order valence-electron chi connectivity index (χ4n) is 1.64. The minimum atomic E-state index is -0.964. The first-order valence-corrected chi connectivity index (χ1v) is 5.59. The lowest BCUT2D eigenvalue weighted by molar-refractivity contribution is 0.0697. The Hall–Kier alpha value is -2.75. The van der Waals surface area contributed by atoms with Gasteiger partial charge in [-0.15, -0.1) is 0 Å². The molecule has 0 aliphatic heterocycles. The molecule has 0 radical (unpaired) electrons. The molecule has 4 nitrogen and oxygen atoms in total. The summed E-state index contributed by atoms with van der Waals surface area (Å²) in [6, 6.07) is 10.7. The summed E-state index contributed by atoms with van der Waals surface area (Å²) < 4.78 is 0. The average molecular weight is 256 g/mol. The van der Waals surface area contributed by atoms with Crippen LogP contribution in [0.2, 0.25) is 0 Å². The van der Waals surface area contributed by atoms with Crippen LogP contribution in [0, 0.1) is 0 Å². The van der Waals surface area contributed by atoms with Crippen LogP contribution in [0.3, 0.4) is 0 Å². The van der Waals surface area contributed by atoms with Crippen LogP contribution in [-0.4, -0.2) is 21.3 Å². The molecule has 0 heterocycles. The third kappa shape index (κ3) is 3.35. The normalized spacial score (nSPS) is 10.7. The second-order valence-corrected chi connectivity index (χ2v) is 4.04. The Morgan fingerprint density at radius 3 is 1.89 bits per heavy atom. The van der Waals surface area contributed by atoms with E-state index in [9.17, 15) is 15.0 Å². The van der Waals surface area contributed by atoms with Crippen LogP contribution in [-0.2, 0) is 0 Å². The van der Waals surface area contributed by atoms with Crippen molar-refractivity contribution in [3.8, 4) is 11.5 Å². The first-order chi connectivity index (χ1) is 9.04. The third-order valence-electron chi connectivity index (χ3n) is 2.55. The summed E-state index contributed by atoms with van der Waals surface area (Å²) in [4.78, 5) is 10.7. The van der Waals surface area contributed by atoms with Crippen molar-refractivity contribution in [3.05, 3.63) is 59.2 Å². The van der Waals surface area contributed by atoms with Gasteiger partial charge < -0.3 is 15.3 Å². The quantitative estimate of drug-likeness (QED) is 0.738. The van der Waals surface area contributed by atoms with Gasteiger partial charge in [0.25, 0.3) is 0 Å². The zero-order valence-corrected chi connectivity index (χ0v) is 9.95. The second-order valence-electron chi connectivity index (χ2n) is 4.04. The molecule has 2 aromatic rings. The first kappa shape index (κ1) is 12.7. The van der Waals surface area contributed by atoms with E-state index in [0.29, 0.717) is 5.56 Å². The van der Waals surface area contributed by atoms with Crippen LogP contribution in [0.1, 0.15) is 21.5 Å². The molecule has 0 fully saturated rings. The van der Waals surface area contributed by atoms with Crippen LogP contribution in [0.4, 0.5) is 0 Å². The van der Waals surface area contributed by atoms with Crippen molar-refractivity contribution >= 4 is 18.1 Å². The molecule has 3 N–H and O–H groups in total. The Balaban J connectivity index is 2.20. The molecule has 19 heavy (non-hydrogen) atoms. The maximum Gasteiger partial charge on any atom is 0.335 e. The highest BCUT2D eigenvalue weighted by Gasteiger charge is 2.00. The lowest BCUT2D eigenvalue weighted by Crippen LogP contribution is -1.94. The summed E-state index contributed by atoms with van der Waals surface area (Å²) >= 11 is 0. The number of benzene rings is 2. The number of aromatic carboxylic acids is 1. The summed E-state index contributed by atoms with van der Waals surface area (Å²) in [5, 5.41) is 27.4. The van der Waals surface area contributed by atoms with Crippen LogP contribution in [0.15, 0.2) is 42.5 Å². The van der Waals surface area contributed by atoms with Crippen LogP contribution < -0.4 is 0 Å². The van der Waals surface area contributed by atoms with Gasteiger partial charge in [-0.3, -0.25) is 0 Å². The fraction of sp³-hybridized carbons (Fsp3) is 0. The predicted octanol–water partition coefficient (Wildman–Crippen LogP) is 2.97. The van der Waals surface area contributed by atoms with Crippen molar-refractivity contribution in [2.24, 2.45) is 0 Å². The Morgan fingerprint density at radius 2 is 1.37 bits per heavy atom. The molecular weight excluding hydrogens is 244 g/mol. The molecule has 0 aliphatic rings. The lowest BCUT2D eigenvalue weighted by Gasteiger charge is -1.99. The minimum Gasteiger partial charge on any atom is -0.508 e. The minimum absolute atomic E-state index is 0.0131. The van der Waals surface area contributed by atoms with E-state index in [1.54, 1.807) is 24.3 Å². The Bertz CT molecular complexity index is 607. The highest BCUT2D eigenvalue weighted by Crippen LogP contribution is 2.21. The van der Waals surface area contributed by atoms with Gasteiger partial charge >= 0.3 is 5.97 Å². The zero-order valence-electron chi connectivity index (χ0n) is 9.95. The van der Waals surface area contributed by atoms with Gasteiger partial charge in [0.2, 0.25) is 0 Å². The van der Waals surface area contributed by atoms with Gasteiger partial charge in [-0.05, 0) is 35.4 Å². The van der Waals surface area contributed by atoms with Gasteiger partial charge in [0.15, 0.2) is 0 Å². The van der Waals surface area contributed by atoms with Gasteiger partial charge in [0.05, 0.1) is 5.56 Å². The number of rotatable bonds is 3. The Morgan fingerprint density at radius 1 is 0.842 bits per heavy atom. The number of phenolic OH excluding ortho intramolecular Hbond substituents is 2. The summed E-state index contributed by atoms with van der Waals surface area (Å²) in [5.41, 5.74) is 1.71.